The lowest BCUT2D eigenvalue weighted by molar-refractivity contribution is 0.0911. The van der Waals surface area contributed by atoms with Crippen molar-refractivity contribution in [2.45, 2.75) is 44.4 Å². The van der Waals surface area contributed by atoms with Gasteiger partial charge in [-0.2, -0.15) is 0 Å². The molecule has 1 saturated carbocycles. The van der Waals surface area contributed by atoms with Gasteiger partial charge in [0.05, 0.1) is 0 Å². The number of hydrogen-bond acceptors (Lipinski definition) is 6. The Bertz CT molecular complexity index is 976. The third-order valence-electron chi connectivity index (χ3n) is 4.74. The molecule has 1 aromatic carbocycles. The molecule has 0 bridgehead atoms. The maximum Gasteiger partial charge on any atom is 0.407 e. The molecule has 1 aromatic heterocycles. The lowest BCUT2D eigenvalue weighted by Crippen LogP contribution is -2.44. The van der Waals surface area contributed by atoms with Gasteiger partial charge < -0.3 is 20.5 Å². The molecule has 5 N–H and O–H groups in total. The summed E-state index contributed by atoms with van der Waals surface area (Å²) in [5, 5.41) is 15.2. The first-order chi connectivity index (χ1) is 13.9. The summed E-state index contributed by atoms with van der Waals surface area (Å²) in [5.41, 5.74) is -1.47. The molecule has 1 heterocycles. The van der Waals surface area contributed by atoms with Gasteiger partial charge in [-0.1, -0.05) is 30.3 Å². The van der Waals surface area contributed by atoms with Gasteiger partial charge in [0.1, 0.15) is 6.61 Å². The molecule has 0 unspecified atom stereocenters. The molecular weight excluding hydrogens is 380 g/mol. The highest BCUT2D eigenvalue weighted by Gasteiger charge is 2.25. The highest BCUT2D eigenvalue weighted by Crippen LogP contribution is 2.19. The molecule has 10 nitrogen and oxygen atoms in total. The molecule has 0 radical (unpaired) electrons. The van der Waals surface area contributed by atoms with Gasteiger partial charge >= 0.3 is 11.8 Å². The first kappa shape index (κ1) is 20.2. The Morgan fingerprint density at radius 3 is 2.28 bits per heavy atom. The number of aromatic nitrogens is 2. The highest BCUT2D eigenvalue weighted by molar-refractivity contribution is 5.94. The number of alkyl carbamates (subject to hydrolysis) is 1. The van der Waals surface area contributed by atoms with Crippen LogP contribution in [0.2, 0.25) is 0 Å². The highest BCUT2D eigenvalue weighted by atomic mass is 16.5. The monoisotopic (exact) mass is 402 g/mol. The fourth-order valence-corrected chi connectivity index (χ4v) is 3.22. The zero-order chi connectivity index (χ0) is 20.8. The summed E-state index contributed by atoms with van der Waals surface area (Å²) in [6.07, 6.45) is 1.94. The lowest BCUT2D eigenvalue weighted by atomic mass is 9.91. The number of H-pyrrole nitrogens is 2. The third-order valence-corrected chi connectivity index (χ3v) is 4.74. The second kappa shape index (κ2) is 9.09. The van der Waals surface area contributed by atoms with E-state index in [-0.39, 0.29) is 18.7 Å². The van der Waals surface area contributed by atoms with Crippen molar-refractivity contribution in [2.24, 2.45) is 0 Å². The Morgan fingerprint density at radius 2 is 1.62 bits per heavy atom. The summed E-state index contributed by atoms with van der Waals surface area (Å²) in [5.74, 6) is -1.57. The zero-order valence-corrected chi connectivity index (χ0v) is 15.6. The number of carbonyl (C=O) groups excluding carboxylic acids is 2. The number of benzene rings is 1. The van der Waals surface area contributed by atoms with Gasteiger partial charge in [0.25, 0.3) is 11.5 Å². The summed E-state index contributed by atoms with van der Waals surface area (Å²) in [6, 6.07) is 9.08. The van der Waals surface area contributed by atoms with Crippen LogP contribution in [0.4, 0.5) is 4.79 Å². The first-order valence-electron chi connectivity index (χ1n) is 9.26. The van der Waals surface area contributed by atoms with Crippen LogP contribution in [0.15, 0.2) is 39.9 Å². The number of aromatic amines is 2. The predicted octanol–water partition coefficient (Wildman–Crippen LogP) is 0.736. The predicted molar refractivity (Wildman–Crippen MR) is 103 cm³/mol. The summed E-state index contributed by atoms with van der Waals surface area (Å²) in [7, 11) is 0. The second-order valence-electron chi connectivity index (χ2n) is 6.86. The number of ether oxygens (including phenoxy) is 1. The standard InChI is InChI=1S/C19H22N4O6/c24-15-14(22-18(27)23-17(15)26)16(25)20-12-6-8-13(9-7-12)21-19(28)29-10-11-4-2-1-3-5-11/h1-5,12-13,24H,6-10H2,(H,20,25)(H,21,28)(H2,22,23,26,27). The van der Waals surface area contributed by atoms with Crippen LogP contribution in [0.25, 0.3) is 0 Å². The van der Waals surface area contributed by atoms with E-state index in [0.717, 1.165) is 5.56 Å². The minimum Gasteiger partial charge on any atom is -0.501 e. The SMILES string of the molecule is O=C(NC1CCC(NC(=O)c2[nH]c(=O)[nH]c(=O)c2O)CC1)OCc1ccccc1. The van der Waals surface area contributed by atoms with Crippen molar-refractivity contribution >= 4 is 12.0 Å². The Morgan fingerprint density at radius 1 is 1.00 bits per heavy atom. The Kier molecular flexibility index (Phi) is 6.32. The van der Waals surface area contributed by atoms with Crippen molar-refractivity contribution in [1.82, 2.24) is 20.6 Å². The van der Waals surface area contributed by atoms with Crippen molar-refractivity contribution in [3.63, 3.8) is 0 Å². The molecule has 0 atom stereocenters. The minimum atomic E-state index is -1.03. The molecule has 1 fully saturated rings. The van der Waals surface area contributed by atoms with Gasteiger partial charge in [0.2, 0.25) is 5.75 Å². The summed E-state index contributed by atoms with van der Waals surface area (Å²) >= 11 is 0. The van der Waals surface area contributed by atoms with E-state index in [4.69, 9.17) is 4.74 Å². The average Bonchev–Trinajstić information content (AvgIpc) is 2.71. The fraction of sp³-hybridized carbons (Fsp3) is 0.368. The molecule has 154 valence electrons. The number of rotatable bonds is 5. The van der Waals surface area contributed by atoms with Gasteiger partial charge in [-0.15, -0.1) is 0 Å². The Balaban J connectivity index is 1.44. The van der Waals surface area contributed by atoms with Crippen molar-refractivity contribution in [3.05, 3.63) is 62.4 Å². The number of amides is 2. The molecule has 0 aliphatic heterocycles. The molecule has 0 saturated heterocycles. The number of aromatic hydroxyl groups is 1. The molecule has 3 rings (SSSR count). The van der Waals surface area contributed by atoms with Gasteiger partial charge in [0.15, 0.2) is 5.69 Å². The van der Waals surface area contributed by atoms with Crippen LogP contribution in [-0.4, -0.2) is 39.2 Å². The van der Waals surface area contributed by atoms with E-state index in [1.54, 1.807) is 0 Å². The van der Waals surface area contributed by atoms with Crippen molar-refractivity contribution in [3.8, 4) is 5.75 Å². The smallest absolute Gasteiger partial charge is 0.407 e. The molecule has 1 aliphatic rings. The Hall–Kier alpha value is -3.56. The average molecular weight is 402 g/mol. The normalized spacial score (nSPS) is 18.6. The molecule has 2 amide bonds. The van der Waals surface area contributed by atoms with Crippen LogP contribution in [0.5, 0.6) is 5.75 Å². The van der Waals surface area contributed by atoms with Gasteiger partial charge in [-0.3, -0.25) is 19.6 Å². The van der Waals surface area contributed by atoms with Crippen LogP contribution < -0.4 is 21.9 Å². The quantitative estimate of drug-likeness (QED) is 0.497. The van der Waals surface area contributed by atoms with Gasteiger partial charge in [-0.25, -0.2) is 9.59 Å². The van der Waals surface area contributed by atoms with Gasteiger partial charge in [0, 0.05) is 12.1 Å². The van der Waals surface area contributed by atoms with E-state index >= 15 is 0 Å². The largest absolute Gasteiger partial charge is 0.501 e. The molecular formula is C19H22N4O6. The first-order valence-corrected chi connectivity index (χ1v) is 9.26. The van der Waals surface area contributed by atoms with Crippen LogP contribution in [0.1, 0.15) is 41.7 Å². The molecule has 10 heteroatoms. The van der Waals surface area contributed by atoms with Crippen LogP contribution in [-0.2, 0) is 11.3 Å². The van der Waals surface area contributed by atoms with Crippen LogP contribution in [0, 0.1) is 0 Å². The fourth-order valence-electron chi connectivity index (χ4n) is 3.22. The summed E-state index contributed by atoms with van der Waals surface area (Å²) in [6.45, 7) is 0.190. The van der Waals surface area contributed by atoms with Crippen LogP contribution in [0.3, 0.4) is 0 Å². The molecule has 0 spiro atoms. The summed E-state index contributed by atoms with van der Waals surface area (Å²) in [4.78, 5) is 50.8. The van der Waals surface area contributed by atoms with E-state index in [9.17, 15) is 24.3 Å². The maximum atomic E-state index is 12.2. The molecule has 29 heavy (non-hydrogen) atoms. The van der Waals surface area contributed by atoms with Crippen molar-refractivity contribution < 1.29 is 19.4 Å². The third kappa shape index (κ3) is 5.47. The van der Waals surface area contributed by atoms with Crippen LogP contribution >= 0.6 is 0 Å². The number of carbonyl (C=O) groups is 2. The minimum absolute atomic E-state index is 0.0702. The molecule has 2 aromatic rings. The van der Waals surface area contributed by atoms with E-state index in [1.165, 1.54) is 0 Å². The second-order valence-corrected chi connectivity index (χ2v) is 6.86. The van der Waals surface area contributed by atoms with E-state index in [0.29, 0.717) is 25.7 Å². The van der Waals surface area contributed by atoms with Crippen molar-refractivity contribution in [1.29, 1.82) is 0 Å². The zero-order valence-electron chi connectivity index (χ0n) is 15.6. The topological polar surface area (TPSA) is 153 Å². The summed E-state index contributed by atoms with van der Waals surface area (Å²) < 4.78 is 5.20. The maximum absolute atomic E-state index is 12.2. The number of nitrogens with one attached hydrogen (secondary N) is 4. The van der Waals surface area contributed by atoms with Crippen molar-refractivity contribution in [2.75, 3.05) is 0 Å². The van der Waals surface area contributed by atoms with E-state index < -0.39 is 34.7 Å². The van der Waals surface area contributed by atoms with E-state index in [1.807, 2.05) is 35.3 Å². The molecule has 1 aliphatic carbocycles. The number of hydrogen-bond donors (Lipinski definition) is 5. The lowest BCUT2D eigenvalue weighted by Gasteiger charge is -2.29. The van der Waals surface area contributed by atoms with Gasteiger partial charge in [-0.05, 0) is 31.2 Å². The van der Waals surface area contributed by atoms with E-state index in [2.05, 4.69) is 15.6 Å². The Labute approximate surface area is 165 Å².